The molecule has 68 valence electrons. The van der Waals surface area contributed by atoms with Gasteiger partial charge in [0, 0.05) is 11.3 Å². The number of thioether (sulfide) groups is 1. The first kappa shape index (κ1) is 9.22. The topological polar surface area (TPSA) is 0 Å². The Balaban J connectivity index is 2.61. The molecule has 0 nitrogen and oxygen atoms in total. The Morgan fingerprint density at radius 2 is 2.00 bits per heavy atom. The van der Waals surface area contributed by atoms with Crippen LogP contribution in [0, 0.1) is 0 Å². The quantitative estimate of drug-likeness (QED) is 0.599. The summed E-state index contributed by atoms with van der Waals surface area (Å²) >= 11 is 7.13. The lowest BCUT2D eigenvalue weighted by Gasteiger charge is -2.32. The average Bonchev–Trinajstić information content (AvgIpc) is 2.13. The maximum Gasteiger partial charge on any atom is 0.0781 e. The van der Waals surface area contributed by atoms with Gasteiger partial charge in [0.2, 0.25) is 0 Å². The van der Waals surface area contributed by atoms with Gasteiger partial charge in [0.15, 0.2) is 0 Å². The van der Waals surface area contributed by atoms with Crippen molar-refractivity contribution in [1.29, 1.82) is 0 Å². The van der Waals surface area contributed by atoms with E-state index in [0.717, 1.165) is 9.95 Å². The molecule has 0 unspecified atom stereocenters. The lowest BCUT2D eigenvalue weighted by Crippen LogP contribution is -2.27. The van der Waals surface area contributed by atoms with E-state index >= 15 is 0 Å². The fourth-order valence-corrected chi connectivity index (χ4v) is 2.99. The van der Waals surface area contributed by atoms with Crippen LogP contribution in [0.25, 0.3) is 0 Å². The largest absolute Gasteiger partial charge is 0.113 e. The van der Waals surface area contributed by atoms with Crippen molar-refractivity contribution in [2.75, 3.05) is 5.75 Å². The number of rotatable bonds is 0. The predicted octanol–water partition coefficient (Wildman–Crippen LogP) is 3.39. The summed E-state index contributed by atoms with van der Waals surface area (Å²) in [6.07, 6.45) is 0. The molecule has 13 heavy (non-hydrogen) atoms. The van der Waals surface area contributed by atoms with Gasteiger partial charge in [0.05, 0.1) is 4.20 Å². The second kappa shape index (κ2) is 3.10. The Labute approximate surface area is 88.7 Å². The van der Waals surface area contributed by atoms with Crippen LogP contribution in [0.15, 0.2) is 24.3 Å². The highest BCUT2D eigenvalue weighted by molar-refractivity contribution is 8.23. The first-order valence-corrected chi connectivity index (χ1v) is 5.77. The SMILES string of the molecule is CC1(C)CSC(=S)c2ccccc21. The van der Waals surface area contributed by atoms with Crippen LogP contribution in [0.5, 0.6) is 0 Å². The van der Waals surface area contributed by atoms with Crippen LogP contribution in [0.1, 0.15) is 25.0 Å². The van der Waals surface area contributed by atoms with Crippen LogP contribution in [0.2, 0.25) is 0 Å². The molecule has 1 heterocycles. The molecule has 2 heteroatoms. The van der Waals surface area contributed by atoms with E-state index in [0.29, 0.717) is 0 Å². The minimum atomic E-state index is 0.267. The zero-order valence-electron chi connectivity index (χ0n) is 7.83. The highest BCUT2D eigenvalue weighted by atomic mass is 32.2. The standard InChI is InChI=1S/C11H12S2/c1-11(2)7-13-10(12)8-5-3-4-6-9(8)11/h3-6H,7H2,1-2H3. The Morgan fingerprint density at radius 1 is 1.31 bits per heavy atom. The van der Waals surface area contributed by atoms with Crippen molar-refractivity contribution in [2.45, 2.75) is 19.3 Å². The summed E-state index contributed by atoms with van der Waals surface area (Å²) in [5, 5.41) is 0. The molecular weight excluding hydrogens is 196 g/mol. The highest BCUT2D eigenvalue weighted by Crippen LogP contribution is 2.37. The maximum absolute atomic E-state index is 5.33. The van der Waals surface area contributed by atoms with Crippen LogP contribution in [0.4, 0.5) is 0 Å². The van der Waals surface area contributed by atoms with E-state index in [1.165, 1.54) is 11.1 Å². The zero-order valence-corrected chi connectivity index (χ0v) is 9.47. The molecule has 0 amide bonds. The predicted molar refractivity (Wildman–Crippen MR) is 63.6 cm³/mol. The molecule has 0 radical (unpaired) electrons. The number of hydrogen-bond acceptors (Lipinski definition) is 2. The Hall–Kier alpha value is -0.340. The van der Waals surface area contributed by atoms with Gasteiger partial charge in [-0.1, -0.05) is 50.3 Å². The van der Waals surface area contributed by atoms with E-state index in [-0.39, 0.29) is 5.41 Å². The van der Waals surface area contributed by atoms with Crippen LogP contribution >= 0.6 is 24.0 Å². The van der Waals surface area contributed by atoms with E-state index in [1.807, 2.05) is 0 Å². The Kier molecular flexibility index (Phi) is 2.20. The third-order valence-electron chi connectivity index (χ3n) is 2.44. The fraction of sp³-hybridized carbons (Fsp3) is 0.364. The first-order valence-electron chi connectivity index (χ1n) is 4.38. The molecule has 0 bridgehead atoms. The van der Waals surface area contributed by atoms with Crippen molar-refractivity contribution < 1.29 is 0 Å². The van der Waals surface area contributed by atoms with Gasteiger partial charge < -0.3 is 0 Å². The smallest absolute Gasteiger partial charge is 0.0781 e. The van der Waals surface area contributed by atoms with Crippen molar-refractivity contribution in [3.63, 3.8) is 0 Å². The van der Waals surface area contributed by atoms with Gasteiger partial charge in [-0.25, -0.2) is 0 Å². The minimum Gasteiger partial charge on any atom is -0.113 e. The normalized spacial score (nSPS) is 19.7. The van der Waals surface area contributed by atoms with Gasteiger partial charge >= 0.3 is 0 Å². The van der Waals surface area contributed by atoms with Crippen molar-refractivity contribution in [1.82, 2.24) is 0 Å². The van der Waals surface area contributed by atoms with Crippen molar-refractivity contribution >= 4 is 28.2 Å². The fourth-order valence-electron chi connectivity index (χ4n) is 1.65. The van der Waals surface area contributed by atoms with E-state index in [9.17, 15) is 0 Å². The molecule has 1 aliphatic rings. The van der Waals surface area contributed by atoms with Crippen molar-refractivity contribution in [2.24, 2.45) is 0 Å². The van der Waals surface area contributed by atoms with E-state index in [4.69, 9.17) is 12.2 Å². The summed E-state index contributed by atoms with van der Waals surface area (Å²) in [5.41, 5.74) is 2.93. The van der Waals surface area contributed by atoms with Gasteiger partial charge in [-0.3, -0.25) is 0 Å². The lowest BCUT2D eigenvalue weighted by atomic mass is 9.83. The molecule has 0 fully saturated rings. The molecule has 1 aromatic rings. The van der Waals surface area contributed by atoms with Crippen LogP contribution in [0.3, 0.4) is 0 Å². The Morgan fingerprint density at radius 3 is 2.69 bits per heavy atom. The van der Waals surface area contributed by atoms with Gasteiger partial charge in [0.1, 0.15) is 0 Å². The summed E-state index contributed by atoms with van der Waals surface area (Å²) < 4.78 is 1.05. The number of hydrogen-bond donors (Lipinski definition) is 0. The molecule has 1 aromatic carbocycles. The summed E-state index contributed by atoms with van der Waals surface area (Å²) in [5.74, 6) is 1.10. The number of thiocarbonyl (C=S) groups is 1. The zero-order chi connectivity index (χ0) is 9.47. The van der Waals surface area contributed by atoms with Gasteiger partial charge in [-0.2, -0.15) is 0 Å². The lowest BCUT2D eigenvalue weighted by molar-refractivity contribution is 0.600. The van der Waals surface area contributed by atoms with Crippen LogP contribution in [-0.2, 0) is 5.41 Å². The van der Waals surface area contributed by atoms with E-state index in [2.05, 4.69) is 38.1 Å². The summed E-state index contributed by atoms with van der Waals surface area (Å²) in [4.78, 5) is 0. The van der Waals surface area contributed by atoms with Gasteiger partial charge in [-0.15, -0.1) is 11.8 Å². The number of fused-ring (bicyclic) bond motifs is 1. The molecule has 0 saturated carbocycles. The minimum absolute atomic E-state index is 0.267. The highest BCUT2D eigenvalue weighted by Gasteiger charge is 2.29. The molecular formula is C11H12S2. The molecule has 0 aliphatic carbocycles. The maximum atomic E-state index is 5.33. The Bertz CT molecular complexity index is 353. The second-order valence-electron chi connectivity index (χ2n) is 4.01. The van der Waals surface area contributed by atoms with Crippen LogP contribution in [-0.4, -0.2) is 9.95 Å². The third-order valence-corrected chi connectivity index (χ3v) is 4.36. The first-order chi connectivity index (χ1) is 6.11. The van der Waals surface area contributed by atoms with Crippen molar-refractivity contribution in [3.8, 4) is 0 Å². The number of benzene rings is 1. The summed E-state index contributed by atoms with van der Waals surface area (Å²) in [6, 6.07) is 8.49. The molecule has 0 saturated heterocycles. The molecule has 1 aliphatic heterocycles. The van der Waals surface area contributed by atoms with Gasteiger partial charge in [-0.05, 0) is 11.0 Å². The van der Waals surface area contributed by atoms with E-state index in [1.54, 1.807) is 11.8 Å². The molecule has 0 N–H and O–H groups in total. The monoisotopic (exact) mass is 208 g/mol. The molecule has 0 aromatic heterocycles. The molecule has 2 rings (SSSR count). The average molecular weight is 208 g/mol. The van der Waals surface area contributed by atoms with E-state index < -0.39 is 0 Å². The van der Waals surface area contributed by atoms with Crippen molar-refractivity contribution in [3.05, 3.63) is 35.4 Å². The summed E-state index contributed by atoms with van der Waals surface area (Å²) in [6.45, 7) is 4.56. The third kappa shape index (κ3) is 1.53. The summed E-state index contributed by atoms with van der Waals surface area (Å²) in [7, 11) is 0. The molecule has 0 spiro atoms. The second-order valence-corrected chi connectivity index (χ2v) is 5.66. The van der Waals surface area contributed by atoms with Gasteiger partial charge in [0.25, 0.3) is 0 Å². The van der Waals surface area contributed by atoms with Crippen LogP contribution < -0.4 is 0 Å². The molecule has 0 atom stereocenters.